The van der Waals surface area contributed by atoms with Crippen LogP contribution in [0.4, 0.5) is 17.1 Å². The van der Waals surface area contributed by atoms with Gasteiger partial charge in [0, 0.05) is 81.2 Å². The van der Waals surface area contributed by atoms with Crippen LogP contribution in [0.1, 0.15) is 0 Å². The quantitative estimate of drug-likeness (QED) is 0.159. The zero-order valence-electron chi connectivity index (χ0n) is 28.8. The van der Waals surface area contributed by atoms with E-state index in [4.69, 9.17) is 0 Å². The van der Waals surface area contributed by atoms with Crippen LogP contribution in [-0.4, -0.2) is 22.6 Å². The number of anilines is 3. The second kappa shape index (κ2) is 8.99. The molecular weight excluding hydrogens is 672 g/mol. The molecule has 0 saturated heterocycles. The van der Waals surface area contributed by atoms with Crippen LogP contribution in [0, 0.1) is 0 Å². The van der Waals surface area contributed by atoms with E-state index in [0.717, 1.165) is 0 Å². The van der Waals surface area contributed by atoms with Gasteiger partial charge in [-0.2, -0.15) is 0 Å². The number of thiophene rings is 1. The SMILES string of the molecule is c1ccc(N2c3ccccc3B3c4c2cc2c5c4-n4c6c(cccc6c6c7sc8ccccc8c7cc3c64)B5c3cccc4c5ccccc5n-2c34)cc1. The number of hydrogen-bond donors (Lipinski definition) is 0. The minimum atomic E-state index is 0.0830. The maximum absolute atomic E-state index is 2.73. The first kappa shape index (κ1) is 27.2. The maximum atomic E-state index is 2.73. The fourth-order valence-corrected chi connectivity index (χ4v) is 12.7. The van der Waals surface area contributed by atoms with E-state index in [-0.39, 0.29) is 13.4 Å². The largest absolute Gasteiger partial charge is 0.311 e. The van der Waals surface area contributed by atoms with Gasteiger partial charge in [0.05, 0.1) is 11.0 Å². The highest BCUT2D eigenvalue weighted by atomic mass is 32.1. The zero-order chi connectivity index (χ0) is 34.6. The van der Waals surface area contributed by atoms with E-state index in [1.54, 1.807) is 0 Å². The summed E-state index contributed by atoms with van der Waals surface area (Å²) in [5, 5.41) is 8.15. The summed E-state index contributed by atoms with van der Waals surface area (Å²) in [5.41, 5.74) is 20.2. The lowest BCUT2D eigenvalue weighted by molar-refractivity contribution is 1.14. The predicted octanol–water partition coefficient (Wildman–Crippen LogP) is 8.00. The molecule has 4 aliphatic heterocycles. The van der Waals surface area contributed by atoms with Gasteiger partial charge in [0.25, 0.3) is 13.4 Å². The van der Waals surface area contributed by atoms with Crippen LogP contribution < -0.4 is 37.7 Å². The normalized spacial score (nSPS) is 14.2. The van der Waals surface area contributed by atoms with E-state index in [2.05, 4.69) is 166 Å². The van der Waals surface area contributed by atoms with Crippen LogP contribution in [0.15, 0.2) is 152 Å². The zero-order valence-corrected chi connectivity index (χ0v) is 29.7. The molecule has 0 saturated carbocycles. The summed E-state index contributed by atoms with van der Waals surface area (Å²) >= 11 is 1.96. The highest BCUT2D eigenvalue weighted by Crippen LogP contribution is 2.48. The minimum absolute atomic E-state index is 0.0830. The molecule has 7 heterocycles. The maximum Gasteiger partial charge on any atom is 0.252 e. The van der Waals surface area contributed by atoms with Crippen molar-refractivity contribution in [3.05, 3.63) is 152 Å². The Bertz CT molecular complexity index is 3590. The van der Waals surface area contributed by atoms with Gasteiger partial charge in [0.15, 0.2) is 0 Å². The number of nitrogens with zero attached hydrogens (tertiary/aromatic N) is 3. The molecule has 0 bridgehead atoms. The lowest BCUT2D eigenvalue weighted by Gasteiger charge is -2.44. The molecule has 3 nitrogen and oxygen atoms in total. The molecule has 0 aliphatic carbocycles. The summed E-state index contributed by atoms with van der Waals surface area (Å²) in [6.45, 7) is 0.198. The molecule has 0 fully saturated rings. The van der Waals surface area contributed by atoms with Gasteiger partial charge in [0.1, 0.15) is 0 Å². The highest BCUT2D eigenvalue weighted by Gasteiger charge is 2.49. The Morgan fingerprint density at radius 3 is 1.98 bits per heavy atom. The molecule has 0 amide bonds. The summed E-state index contributed by atoms with van der Waals surface area (Å²) in [6, 6.07) is 57.6. The van der Waals surface area contributed by atoms with Gasteiger partial charge >= 0.3 is 0 Å². The van der Waals surface area contributed by atoms with Gasteiger partial charge in [-0.25, -0.2) is 0 Å². The first-order chi connectivity index (χ1) is 26.8. The molecule has 244 valence electrons. The Hall–Kier alpha value is -6.49. The van der Waals surface area contributed by atoms with E-state index < -0.39 is 0 Å². The van der Waals surface area contributed by atoms with Crippen molar-refractivity contribution in [2.24, 2.45) is 0 Å². The third-order valence-corrected chi connectivity index (χ3v) is 14.4. The number of fused-ring (bicyclic) bond motifs is 14. The molecule has 0 atom stereocenters. The molecule has 0 radical (unpaired) electrons. The molecular formula is C48H25B2N3S. The van der Waals surface area contributed by atoms with Gasteiger partial charge in [-0.15, -0.1) is 11.3 Å². The lowest BCUT2D eigenvalue weighted by Crippen LogP contribution is -2.66. The Balaban J connectivity index is 1.25. The molecule has 3 aromatic heterocycles. The number of hydrogen-bond acceptors (Lipinski definition) is 2. The van der Waals surface area contributed by atoms with Crippen molar-refractivity contribution in [2.75, 3.05) is 4.90 Å². The van der Waals surface area contributed by atoms with E-state index in [1.807, 2.05) is 11.3 Å². The lowest BCUT2D eigenvalue weighted by atomic mass is 9.30. The van der Waals surface area contributed by atoms with Crippen LogP contribution in [0.5, 0.6) is 0 Å². The average molecular weight is 697 g/mol. The smallest absolute Gasteiger partial charge is 0.252 e. The summed E-state index contributed by atoms with van der Waals surface area (Å²) in [5.74, 6) is 0. The summed E-state index contributed by atoms with van der Waals surface area (Å²) < 4.78 is 8.10. The molecule has 15 rings (SSSR count). The first-order valence-corrected chi connectivity index (χ1v) is 19.8. The van der Waals surface area contributed by atoms with Gasteiger partial charge in [0.2, 0.25) is 0 Å². The van der Waals surface area contributed by atoms with Crippen LogP contribution in [-0.2, 0) is 0 Å². The molecule has 0 spiro atoms. The predicted molar refractivity (Wildman–Crippen MR) is 232 cm³/mol. The Labute approximate surface area is 314 Å². The van der Waals surface area contributed by atoms with Crippen molar-refractivity contribution in [2.45, 2.75) is 0 Å². The van der Waals surface area contributed by atoms with Crippen molar-refractivity contribution in [1.29, 1.82) is 0 Å². The van der Waals surface area contributed by atoms with Crippen LogP contribution >= 0.6 is 11.3 Å². The Morgan fingerprint density at radius 2 is 1.09 bits per heavy atom. The van der Waals surface area contributed by atoms with Gasteiger partial charge in [-0.05, 0) is 69.2 Å². The first-order valence-electron chi connectivity index (χ1n) is 18.9. The topological polar surface area (TPSA) is 13.1 Å². The fourth-order valence-electron chi connectivity index (χ4n) is 11.4. The van der Waals surface area contributed by atoms with Crippen molar-refractivity contribution >= 4 is 138 Å². The molecule has 0 unspecified atom stereocenters. The number of benzene rings is 8. The van der Waals surface area contributed by atoms with Crippen molar-refractivity contribution < 1.29 is 0 Å². The van der Waals surface area contributed by atoms with Crippen molar-refractivity contribution in [3.63, 3.8) is 0 Å². The fraction of sp³-hybridized carbons (Fsp3) is 0. The van der Waals surface area contributed by atoms with Crippen LogP contribution in [0.2, 0.25) is 0 Å². The van der Waals surface area contributed by atoms with Gasteiger partial charge < -0.3 is 14.0 Å². The van der Waals surface area contributed by atoms with E-state index in [1.165, 1.54) is 125 Å². The molecule has 11 aromatic rings. The summed E-state index contributed by atoms with van der Waals surface area (Å²) in [4.78, 5) is 2.55. The Morgan fingerprint density at radius 1 is 0.426 bits per heavy atom. The van der Waals surface area contributed by atoms with Crippen LogP contribution in [0.3, 0.4) is 0 Å². The van der Waals surface area contributed by atoms with E-state index in [9.17, 15) is 0 Å². The number of para-hydroxylation sites is 5. The molecule has 54 heavy (non-hydrogen) atoms. The summed E-state index contributed by atoms with van der Waals surface area (Å²) in [6.07, 6.45) is 0. The van der Waals surface area contributed by atoms with Gasteiger partial charge in [-0.1, -0.05) is 115 Å². The van der Waals surface area contributed by atoms with Crippen LogP contribution in [0.25, 0.3) is 75.2 Å². The van der Waals surface area contributed by atoms with Crippen molar-refractivity contribution in [1.82, 2.24) is 9.13 Å². The van der Waals surface area contributed by atoms with Crippen molar-refractivity contribution in [3.8, 4) is 11.4 Å². The highest BCUT2D eigenvalue weighted by molar-refractivity contribution is 7.27. The second-order valence-electron chi connectivity index (χ2n) is 15.5. The summed E-state index contributed by atoms with van der Waals surface area (Å²) in [7, 11) is 0. The van der Waals surface area contributed by atoms with Gasteiger partial charge in [-0.3, -0.25) is 0 Å². The molecule has 0 N–H and O–H groups in total. The minimum Gasteiger partial charge on any atom is -0.311 e. The number of rotatable bonds is 1. The average Bonchev–Trinajstić information content (AvgIpc) is 3.89. The third kappa shape index (κ3) is 2.83. The Kier molecular flexibility index (Phi) is 4.52. The molecule has 8 aromatic carbocycles. The molecule has 4 aliphatic rings. The monoisotopic (exact) mass is 697 g/mol. The van der Waals surface area contributed by atoms with E-state index >= 15 is 0 Å². The molecule has 6 heteroatoms. The standard InChI is InChI=1S/C48H25B2N3S/c1-2-12-26(13-3-1)51-37-22-8-6-18-32(37)49-35-24-31-28-15-5-9-23-40(28)54-48(31)41-30-17-11-20-34-45(30)53(46(35)41)47-42(49)38(51)25-39-43(47)50(34)33-19-10-16-29-27-14-4-7-21-36(27)52(39)44(29)33/h1-25H. The number of aromatic nitrogens is 2. The van der Waals surface area contributed by atoms with E-state index in [0.29, 0.717) is 0 Å². The second-order valence-corrected chi connectivity index (χ2v) is 16.6. The third-order valence-electron chi connectivity index (χ3n) is 13.2.